The lowest BCUT2D eigenvalue weighted by Crippen LogP contribution is -2.07. The highest BCUT2D eigenvalue weighted by atomic mass is 35.5. The van der Waals surface area contributed by atoms with Gasteiger partial charge in [-0.25, -0.2) is 50.5 Å². The third kappa shape index (κ3) is 21.4. The molecular formula is C74H67Cl6NO16S6. The third-order valence-electron chi connectivity index (χ3n) is 16.6. The van der Waals surface area contributed by atoms with E-state index in [-0.39, 0.29) is 83.9 Å². The van der Waals surface area contributed by atoms with Gasteiger partial charge in [-0.05, 0) is 192 Å². The normalized spacial score (nSPS) is 14.0. The van der Waals surface area contributed by atoms with E-state index in [4.69, 9.17) is 80.4 Å². The maximum absolute atomic E-state index is 12.6. The van der Waals surface area contributed by atoms with Crippen molar-refractivity contribution in [3.8, 4) is 33.4 Å². The number of halogens is 6. The van der Waals surface area contributed by atoms with Crippen molar-refractivity contribution in [1.29, 1.82) is 0 Å². The van der Waals surface area contributed by atoms with Crippen molar-refractivity contribution in [3.05, 3.63) is 240 Å². The molecule has 0 heterocycles. The predicted octanol–water partition coefficient (Wildman–Crippen LogP) is 15.6. The fraction of sp³-hybridized carbons (Fsp3) is 0.230. The molecule has 3 aliphatic carbocycles. The van der Waals surface area contributed by atoms with Crippen LogP contribution in [-0.4, -0.2) is 108 Å². The number of sulfone groups is 6. The van der Waals surface area contributed by atoms with E-state index < -0.39 is 65.0 Å². The maximum atomic E-state index is 12.6. The Balaban J connectivity index is 0.000000168. The van der Waals surface area contributed by atoms with E-state index in [0.29, 0.717) is 122 Å². The molecule has 0 bridgehead atoms. The number of Topliss-reactive ketones (excluding diaryl/α,β-unsaturated/α-hetero) is 2. The first-order valence-corrected chi connectivity index (χ1v) is 44.1. The summed E-state index contributed by atoms with van der Waals surface area (Å²) in [6.07, 6.45) is 8.13. The molecule has 0 amide bonds. The molecule has 542 valence electrons. The molecule has 103 heavy (non-hydrogen) atoms. The summed E-state index contributed by atoms with van der Waals surface area (Å²) >= 11 is 38.3. The zero-order valence-electron chi connectivity index (χ0n) is 55.2. The highest BCUT2D eigenvalue weighted by molar-refractivity contribution is 7.93. The van der Waals surface area contributed by atoms with E-state index in [2.05, 4.69) is 0 Å². The van der Waals surface area contributed by atoms with Crippen LogP contribution in [0.4, 0.5) is 5.69 Å². The van der Waals surface area contributed by atoms with Crippen molar-refractivity contribution < 1.29 is 70.0 Å². The molecule has 3 saturated carbocycles. The van der Waals surface area contributed by atoms with Crippen LogP contribution in [0.5, 0.6) is 0 Å². The summed E-state index contributed by atoms with van der Waals surface area (Å²) in [6.45, 7) is 0. The number of nitrogens with two attached hydrogens (primary N) is 1. The number of carbonyl (C=O) groups is 3. The quantitative estimate of drug-likeness (QED) is 0.0596. The molecule has 0 atom stereocenters. The van der Waals surface area contributed by atoms with Crippen LogP contribution in [0.2, 0.25) is 30.1 Å². The minimum absolute atomic E-state index is 0.0679. The molecule has 0 spiro atoms. The van der Waals surface area contributed by atoms with Crippen LogP contribution >= 0.6 is 69.6 Å². The van der Waals surface area contributed by atoms with Crippen LogP contribution < -0.4 is 5.73 Å². The van der Waals surface area contributed by atoms with Crippen LogP contribution in [0.3, 0.4) is 0 Å². The smallest absolute Gasteiger partial charge is 0.307 e. The molecule has 29 heteroatoms. The molecule has 3 aliphatic rings. The van der Waals surface area contributed by atoms with Gasteiger partial charge in [0.05, 0.1) is 81.7 Å². The van der Waals surface area contributed by atoms with Gasteiger partial charge in [-0.15, -0.1) is 0 Å². The molecule has 17 nitrogen and oxygen atoms in total. The third-order valence-corrected chi connectivity index (χ3v) is 28.6. The first-order valence-electron chi connectivity index (χ1n) is 31.5. The maximum Gasteiger partial charge on any atom is 0.307 e. The average Bonchev–Trinajstić information content (AvgIpc) is 1.23. The zero-order valence-corrected chi connectivity index (χ0v) is 64.6. The molecule has 0 radical (unpaired) electrons. The van der Waals surface area contributed by atoms with Gasteiger partial charge in [-0.2, -0.15) is 0 Å². The molecule has 9 aromatic rings. The fourth-order valence-corrected chi connectivity index (χ4v) is 19.9. The summed E-state index contributed by atoms with van der Waals surface area (Å²) < 4.78 is 142. The van der Waals surface area contributed by atoms with Gasteiger partial charge in [-0.3, -0.25) is 14.4 Å². The second-order valence-corrected chi connectivity index (χ2v) is 40.3. The Hall–Kier alpha value is -6.97. The van der Waals surface area contributed by atoms with Crippen molar-refractivity contribution in [3.63, 3.8) is 0 Å². The lowest BCUT2D eigenvalue weighted by Gasteiger charge is -2.11. The minimum Gasteiger partial charge on any atom is -0.481 e. The number of benzene rings is 9. The number of hydrogen-bond donors (Lipinski definition) is 2. The zero-order chi connectivity index (χ0) is 75.3. The van der Waals surface area contributed by atoms with Gasteiger partial charge in [0.25, 0.3) is 0 Å². The molecule has 0 aromatic heterocycles. The van der Waals surface area contributed by atoms with Crippen LogP contribution in [0.15, 0.2) is 211 Å². The van der Waals surface area contributed by atoms with E-state index in [1.807, 2.05) is 0 Å². The number of nitrogen functional groups attached to an aromatic ring is 1. The molecule has 3 N–H and O–H groups in total. The Labute approximate surface area is 629 Å². The highest BCUT2D eigenvalue weighted by Gasteiger charge is 2.39. The van der Waals surface area contributed by atoms with Crippen molar-refractivity contribution in [2.24, 2.45) is 0 Å². The molecular weight excluding hydrogens is 1560 g/mol. The van der Waals surface area contributed by atoms with Gasteiger partial charge >= 0.3 is 5.97 Å². The number of hydrogen-bond acceptors (Lipinski definition) is 16. The standard InChI is InChI=1S/2C25H22Cl2O5S2.C15H13Cl2NO2S.C9H10O4S/c2*1-33(29,30)20-6-2-16(3-7-20)12-19(28)13-17-14-23(26)25(24(27)15-17)18-4-8-21(9-5-18)34(31,32)22-10-11-22;16-13-7-10(18)8-14(17)15(13)9-1-3-11(4-2-9)21(19,20)12-5-6-12;1-14(12,13)8-4-2-7(3-5-8)6-9(10)11/h2*2-9,14-15,22H,10-13H2,1H3;1-4,7-8,12H,5-6,18H2;2-5H,6H2,1H3,(H,10,11). The number of aliphatic carboxylic acids is 1. The number of anilines is 1. The first kappa shape index (κ1) is 80.1. The Morgan fingerprint density at radius 1 is 0.320 bits per heavy atom. The Kier molecular flexibility index (Phi) is 25.5. The SMILES string of the molecule is CS(=O)(=O)c1ccc(CC(=O)Cc2cc(Cl)c(-c3ccc(S(=O)(=O)C4CC4)cc3)c(Cl)c2)cc1.CS(=O)(=O)c1ccc(CC(=O)Cc2cc(Cl)c(-c3ccc(S(=O)(=O)C4CC4)cc3)c(Cl)c2)cc1.CS(=O)(=O)c1ccc(CC(=O)O)cc1.Nc1cc(Cl)c(-c2ccc(S(=O)(=O)C3CC3)cc2)c(Cl)c1. The topological polar surface area (TPSA) is 302 Å². The van der Waals surface area contributed by atoms with Gasteiger partial charge in [0.2, 0.25) is 0 Å². The largest absolute Gasteiger partial charge is 0.481 e. The lowest BCUT2D eigenvalue weighted by molar-refractivity contribution is -0.136. The second-order valence-electron chi connectivity index (χ2n) is 25.1. The van der Waals surface area contributed by atoms with E-state index in [1.54, 1.807) is 133 Å². The second kappa shape index (κ2) is 32.8. The highest BCUT2D eigenvalue weighted by Crippen LogP contribution is 2.42. The Bertz CT molecular complexity index is 5150. The van der Waals surface area contributed by atoms with Gasteiger partial charge in [0, 0.05) is 66.8 Å². The van der Waals surface area contributed by atoms with E-state index >= 15 is 0 Å². The summed E-state index contributed by atoms with van der Waals surface area (Å²) in [5, 5.41) is 10.1. The van der Waals surface area contributed by atoms with Gasteiger partial charge in [0.1, 0.15) is 11.6 Å². The molecule has 0 unspecified atom stereocenters. The molecule has 0 aliphatic heterocycles. The fourth-order valence-electron chi connectivity index (χ4n) is 10.8. The van der Waals surface area contributed by atoms with Crippen LogP contribution in [0.25, 0.3) is 33.4 Å². The Morgan fingerprint density at radius 3 is 0.738 bits per heavy atom. The number of carboxylic acids is 1. The van der Waals surface area contributed by atoms with E-state index in [9.17, 15) is 64.9 Å². The van der Waals surface area contributed by atoms with Crippen LogP contribution in [-0.2, 0) is 106 Å². The molecule has 9 aromatic carbocycles. The van der Waals surface area contributed by atoms with Crippen LogP contribution in [0.1, 0.15) is 66.3 Å². The number of rotatable bonds is 22. The van der Waals surface area contributed by atoms with Gasteiger partial charge < -0.3 is 10.8 Å². The summed E-state index contributed by atoms with van der Waals surface area (Å²) in [6, 6.07) is 48.0. The van der Waals surface area contributed by atoms with Gasteiger partial charge in [0.15, 0.2) is 59.0 Å². The number of carbonyl (C=O) groups excluding carboxylic acids is 2. The van der Waals surface area contributed by atoms with Crippen LogP contribution in [0, 0.1) is 0 Å². The molecule has 12 rings (SSSR count). The first-order chi connectivity index (χ1) is 48.2. The minimum atomic E-state index is -3.29. The van der Waals surface area contributed by atoms with Crippen molar-refractivity contribution >= 4 is 152 Å². The molecule has 3 fully saturated rings. The predicted molar refractivity (Wildman–Crippen MR) is 406 cm³/mol. The van der Waals surface area contributed by atoms with Crippen molar-refractivity contribution in [2.45, 2.75) is 116 Å². The summed E-state index contributed by atoms with van der Waals surface area (Å²) in [5.74, 6) is -1.07. The van der Waals surface area contributed by atoms with Crippen molar-refractivity contribution in [1.82, 2.24) is 0 Å². The van der Waals surface area contributed by atoms with Gasteiger partial charge in [-0.1, -0.05) is 142 Å². The summed E-state index contributed by atoms with van der Waals surface area (Å²) in [5.41, 5.74) is 13.4. The summed E-state index contributed by atoms with van der Waals surface area (Å²) in [4.78, 5) is 37.0. The van der Waals surface area contributed by atoms with E-state index in [0.717, 1.165) is 37.2 Å². The molecule has 0 saturated heterocycles. The monoisotopic (exact) mass is 1630 g/mol. The lowest BCUT2D eigenvalue weighted by atomic mass is 9.99. The van der Waals surface area contributed by atoms with Crippen molar-refractivity contribution in [2.75, 3.05) is 24.5 Å². The number of carboxylic acid groups (broad SMARTS) is 1. The number of ketones is 2. The average molecular weight is 1630 g/mol. The summed E-state index contributed by atoms with van der Waals surface area (Å²) in [7, 11) is -19.5. The van der Waals surface area contributed by atoms with E-state index in [1.165, 1.54) is 48.5 Å². The Morgan fingerprint density at radius 2 is 0.524 bits per heavy atom.